The number of benzene rings is 1. The minimum atomic E-state index is -0.433. The molecule has 0 bridgehead atoms. The number of aryl methyl sites for hydroxylation is 1. The maximum atomic E-state index is 12.2. The second-order valence-electron chi connectivity index (χ2n) is 4.52. The summed E-state index contributed by atoms with van der Waals surface area (Å²) >= 11 is 1.42. The van der Waals surface area contributed by atoms with Crippen molar-refractivity contribution in [2.24, 2.45) is 0 Å². The van der Waals surface area contributed by atoms with Crippen molar-refractivity contribution in [1.82, 2.24) is 0 Å². The van der Waals surface area contributed by atoms with Gasteiger partial charge in [-0.25, -0.2) is 4.79 Å². The molecule has 1 N–H and O–H groups in total. The Balaban J connectivity index is 2.25. The van der Waals surface area contributed by atoms with E-state index in [4.69, 9.17) is 4.74 Å². The van der Waals surface area contributed by atoms with Crippen LogP contribution in [0.2, 0.25) is 0 Å². The number of hydrogen-bond acceptors (Lipinski definition) is 4. The van der Waals surface area contributed by atoms with Crippen molar-refractivity contribution in [3.05, 3.63) is 52.4 Å². The minimum absolute atomic E-state index is 0.231. The van der Waals surface area contributed by atoms with Crippen LogP contribution in [0.4, 0.5) is 5.00 Å². The number of ether oxygens (including phenoxy) is 1. The molecule has 2 aromatic rings. The number of carbonyl (C=O) groups excluding carboxylic acids is 2. The van der Waals surface area contributed by atoms with Crippen molar-refractivity contribution in [2.45, 2.75) is 19.8 Å². The third kappa shape index (κ3) is 3.70. The van der Waals surface area contributed by atoms with Gasteiger partial charge in [0.1, 0.15) is 5.00 Å². The van der Waals surface area contributed by atoms with Crippen molar-refractivity contribution in [2.75, 3.05) is 12.4 Å². The lowest BCUT2D eigenvalue weighted by molar-refractivity contribution is 0.0602. The third-order valence-electron chi connectivity index (χ3n) is 2.95. The average molecular weight is 303 g/mol. The van der Waals surface area contributed by atoms with Crippen LogP contribution in [-0.4, -0.2) is 19.0 Å². The lowest BCUT2D eigenvalue weighted by Gasteiger charge is -2.05. The van der Waals surface area contributed by atoms with Crippen LogP contribution in [-0.2, 0) is 11.2 Å². The van der Waals surface area contributed by atoms with Crippen molar-refractivity contribution in [1.29, 1.82) is 0 Å². The minimum Gasteiger partial charge on any atom is -0.465 e. The number of hydrogen-bond donors (Lipinski definition) is 1. The number of anilines is 1. The van der Waals surface area contributed by atoms with Crippen LogP contribution >= 0.6 is 11.3 Å². The molecule has 0 saturated carbocycles. The normalized spacial score (nSPS) is 10.2. The lowest BCUT2D eigenvalue weighted by Crippen LogP contribution is -2.13. The SMILES string of the molecule is CCCc1cc(C(=O)OC)c(NC(=O)c2ccccc2)s1. The standard InChI is InChI=1S/C16H17NO3S/c1-3-7-12-10-13(16(19)20-2)15(21-12)17-14(18)11-8-5-4-6-9-11/h4-6,8-10H,3,7H2,1-2H3,(H,17,18). The summed E-state index contributed by atoms with van der Waals surface area (Å²) in [4.78, 5) is 25.0. The van der Waals surface area contributed by atoms with E-state index in [0.29, 0.717) is 16.1 Å². The fourth-order valence-corrected chi connectivity index (χ4v) is 3.07. The molecule has 0 spiro atoms. The number of esters is 1. The Kier molecular flexibility index (Phi) is 5.11. The molecule has 0 aliphatic carbocycles. The van der Waals surface area contributed by atoms with Gasteiger partial charge in [-0.2, -0.15) is 0 Å². The van der Waals surface area contributed by atoms with Gasteiger partial charge >= 0.3 is 5.97 Å². The first-order chi connectivity index (χ1) is 10.2. The Morgan fingerprint density at radius 1 is 1.24 bits per heavy atom. The molecule has 1 amide bonds. The fraction of sp³-hybridized carbons (Fsp3) is 0.250. The van der Waals surface area contributed by atoms with Gasteiger partial charge in [-0.15, -0.1) is 11.3 Å². The summed E-state index contributed by atoms with van der Waals surface area (Å²) in [6.07, 6.45) is 1.85. The largest absolute Gasteiger partial charge is 0.465 e. The smallest absolute Gasteiger partial charge is 0.340 e. The summed E-state index contributed by atoms with van der Waals surface area (Å²) < 4.78 is 4.77. The molecule has 0 unspecified atom stereocenters. The van der Waals surface area contributed by atoms with Crippen LogP contribution in [0.5, 0.6) is 0 Å². The summed E-state index contributed by atoms with van der Waals surface area (Å²) in [5, 5.41) is 3.34. The zero-order valence-corrected chi connectivity index (χ0v) is 12.8. The van der Waals surface area contributed by atoms with Gasteiger partial charge in [0, 0.05) is 10.4 Å². The van der Waals surface area contributed by atoms with Gasteiger partial charge in [0.25, 0.3) is 5.91 Å². The lowest BCUT2D eigenvalue weighted by atomic mass is 10.2. The molecule has 1 aromatic carbocycles. The van der Waals surface area contributed by atoms with Gasteiger partial charge in [0.05, 0.1) is 12.7 Å². The molecular formula is C16H17NO3S. The van der Waals surface area contributed by atoms with E-state index in [1.54, 1.807) is 30.3 Å². The van der Waals surface area contributed by atoms with Crippen LogP contribution < -0.4 is 5.32 Å². The highest BCUT2D eigenvalue weighted by atomic mass is 32.1. The molecule has 0 saturated heterocycles. The van der Waals surface area contributed by atoms with Crippen molar-refractivity contribution < 1.29 is 14.3 Å². The van der Waals surface area contributed by atoms with E-state index in [9.17, 15) is 9.59 Å². The first-order valence-corrected chi connectivity index (χ1v) is 7.54. The van der Waals surface area contributed by atoms with E-state index in [1.165, 1.54) is 18.4 Å². The van der Waals surface area contributed by atoms with Gasteiger partial charge in [0.15, 0.2) is 0 Å². The summed E-state index contributed by atoms with van der Waals surface area (Å²) in [5.74, 6) is -0.664. The van der Waals surface area contributed by atoms with Crippen molar-refractivity contribution in [3.63, 3.8) is 0 Å². The first kappa shape index (κ1) is 15.3. The number of nitrogens with one attached hydrogen (secondary N) is 1. The van der Waals surface area contributed by atoms with E-state index in [-0.39, 0.29) is 5.91 Å². The molecule has 0 fully saturated rings. The van der Waals surface area contributed by atoms with E-state index in [0.717, 1.165) is 17.7 Å². The quantitative estimate of drug-likeness (QED) is 0.856. The topological polar surface area (TPSA) is 55.4 Å². The van der Waals surface area contributed by atoms with Gasteiger partial charge in [-0.3, -0.25) is 4.79 Å². The number of methoxy groups -OCH3 is 1. The van der Waals surface area contributed by atoms with Gasteiger partial charge < -0.3 is 10.1 Å². The zero-order valence-electron chi connectivity index (χ0n) is 12.0. The summed E-state index contributed by atoms with van der Waals surface area (Å²) in [7, 11) is 1.34. The molecule has 4 nitrogen and oxygen atoms in total. The Hall–Kier alpha value is -2.14. The third-order valence-corrected chi connectivity index (χ3v) is 4.06. The first-order valence-electron chi connectivity index (χ1n) is 6.73. The molecule has 1 heterocycles. The van der Waals surface area contributed by atoms with E-state index in [1.807, 2.05) is 6.07 Å². The number of amides is 1. The highest BCUT2D eigenvalue weighted by molar-refractivity contribution is 7.16. The molecule has 0 aliphatic rings. The van der Waals surface area contributed by atoms with Gasteiger partial charge in [-0.1, -0.05) is 31.5 Å². The molecule has 0 atom stereocenters. The summed E-state index contributed by atoms with van der Waals surface area (Å²) in [6.45, 7) is 2.07. The number of carbonyl (C=O) groups is 2. The van der Waals surface area contributed by atoms with Crippen molar-refractivity contribution >= 4 is 28.2 Å². The Morgan fingerprint density at radius 2 is 1.95 bits per heavy atom. The fourth-order valence-electron chi connectivity index (χ4n) is 1.93. The molecule has 2 rings (SSSR count). The van der Waals surface area contributed by atoms with Gasteiger partial charge in [-0.05, 0) is 24.6 Å². The highest BCUT2D eigenvalue weighted by Gasteiger charge is 2.18. The van der Waals surface area contributed by atoms with E-state index < -0.39 is 5.97 Å². The van der Waals surface area contributed by atoms with Crippen LogP contribution in [0.3, 0.4) is 0 Å². The zero-order chi connectivity index (χ0) is 15.2. The van der Waals surface area contributed by atoms with Crippen molar-refractivity contribution in [3.8, 4) is 0 Å². The maximum absolute atomic E-state index is 12.2. The Bertz CT molecular complexity index is 634. The number of thiophene rings is 1. The second-order valence-corrected chi connectivity index (χ2v) is 5.65. The predicted octanol–water partition coefficient (Wildman–Crippen LogP) is 3.74. The highest BCUT2D eigenvalue weighted by Crippen LogP contribution is 2.30. The summed E-state index contributed by atoms with van der Waals surface area (Å²) in [6, 6.07) is 10.7. The van der Waals surface area contributed by atoms with E-state index in [2.05, 4.69) is 12.2 Å². The Morgan fingerprint density at radius 3 is 2.57 bits per heavy atom. The van der Waals surface area contributed by atoms with Crippen LogP contribution in [0, 0.1) is 0 Å². The van der Waals surface area contributed by atoms with Crippen LogP contribution in [0.1, 0.15) is 38.9 Å². The average Bonchev–Trinajstić information content (AvgIpc) is 2.90. The van der Waals surface area contributed by atoms with Crippen LogP contribution in [0.25, 0.3) is 0 Å². The monoisotopic (exact) mass is 303 g/mol. The molecular weight excluding hydrogens is 286 g/mol. The maximum Gasteiger partial charge on any atom is 0.340 e. The molecule has 21 heavy (non-hydrogen) atoms. The Labute approximate surface area is 127 Å². The number of rotatable bonds is 5. The molecule has 0 radical (unpaired) electrons. The van der Waals surface area contributed by atoms with Gasteiger partial charge in [0.2, 0.25) is 0 Å². The molecule has 5 heteroatoms. The molecule has 1 aromatic heterocycles. The molecule has 0 aliphatic heterocycles. The second kappa shape index (κ2) is 7.04. The summed E-state index contributed by atoms with van der Waals surface area (Å²) in [5.41, 5.74) is 0.967. The van der Waals surface area contributed by atoms with E-state index >= 15 is 0 Å². The predicted molar refractivity (Wildman–Crippen MR) is 84.0 cm³/mol. The van der Waals surface area contributed by atoms with Crippen LogP contribution in [0.15, 0.2) is 36.4 Å². The molecule has 110 valence electrons.